The van der Waals surface area contributed by atoms with Gasteiger partial charge in [-0.25, -0.2) is 4.98 Å². The number of imidazole rings is 2. The van der Waals surface area contributed by atoms with Crippen molar-refractivity contribution < 1.29 is 7.31 Å². The Hall–Kier alpha value is -2.10. The second-order valence-corrected chi connectivity index (χ2v) is 7.12. The highest BCUT2D eigenvalue weighted by molar-refractivity contribution is 5.58. The maximum Gasteiger partial charge on any atom is 0.230 e. The van der Waals surface area contributed by atoms with E-state index in [4.69, 9.17) is 2.74 Å². The largest absolute Gasteiger partial charge is 0.308 e. The number of fused-ring (bicyclic) bond motifs is 1. The zero-order valence-corrected chi connectivity index (χ0v) is 15.0. The standard InChI is InChI=1S/C20H27N4/c1-14(2)17-12-22(3)18(11-16(17)15-7-5-6-8-15)19-13-24-10-9-21-20(24)23(19)4/h9-15H,5-8H2,1-4H3/q+1/i14D,15D. The molecular weight excluding hydrogens is 296 g/mol. The number of aromatic nitrogens is 4. The van der Waals surface area contributed by atoms with Gasteiger partial charge in [-0.1, -0.05) is 26.7 Å². The Morgan fingerprint density at radius 1 is 1.38 bits per heavy atom. The topological polar surface area (TPSA) is 26.1 Å². The predicted octanol–water partition coefficient (Wildman–Crippen LogP) is 3.95. The molecule has 0 N–H and O–H groups in total. The molecule has 24 heavy (non-hydrogen) atoms. The summed E-state index contributed by atoms with van der Waals surface area (Å²) in [4.78, 5) is 4.41. The Morgan fingerprint density at radius 3 is 2.79 bits per heavy atom. The molecule has 3 aromatic rings. The van der Waals surface area contributed by atoms with Crippen molar-refractivity contribution in [3.8, 4) is 11.4 Å². The van der Waals surface area contributed by atoms with E-state index in [0.717, 1.165) is 54.0 Å². The molecule has 4 heteroatoms. The molecule has 0 atom stereocenters. The van der Waals surface area contributed by atoms with E-state index >= 15 is 0 Å². The predicted molar refractivity (Wildman–Crippen MR) is 96.1 cm³/mol. The summed E-state index contributed by atoms with van der Waals surface area (Å²) in [5.41, 5.74) is 4.09. The quantitative estimate of drug-likeness (QED) is 0.670. The number of aryl methyl sites for hydroxylation is 2. The van der Waals surface area contributed by atoms with Crippen LogP contribution in [0.5, 0.6) is 0 Å². The van der Waals surface area contributed by atoms with Gasteiger partial charge in [-0.05, 0) is 30.2 Å². The number of nitrogens with zero attached hydrogens (tertiary/aromatic N) is 4. The van der Waals surface area contributed by atoms with Crippen LogP contribution in [0.25, 0.3) is 17.2 Å². The van der Waals surface area contributed by atoms with E-state index in [1.165, 1.54) is 0 Å². The SMILES string of the molecule is [2H]C(C)(C)c1c[n+](C)c(-c2cn3ccnc3n2C)cc1C1([2H])CCCC1. The third kappa shape index (κ3) is 2.36. The molecule has 1 fully saturated rings. The van der Waals surface area contributed by atoms with Gasteiger partial charge in [-0.15, -0.1) is 0 Å². The number of hydrogen-bond acceptors (Lipinski definition) is 1. The van der Waals surface area contributed by atoms with Crippen LogP contribution in [0.3, 0.4) is 0 Å². The first kappa shape index (κ1) is 13.2. The van der Waals surface area contributed by atoms with Crippen LogP contribution in [0.1, 0.15) is 65.2 Å². The molecule has 0 bridgehead atoms. The van der Waals surface area contributed by atoms with Crippen LogP contribution in [-0.2, 0) is 14.1 Å². The van der Waals surface area contributed by atoms with Crippen molar-refractivity contribution in [3.05, 3.63) is 42.0 Å². The first-order valence-electron chi connectivity index (χ1n) is 9.74. The first-order valence-corrected chi connectivity index (χ1v) is 8.74. The normalized spacial score (nSPS) is 18.8. The summed E-state index contributed by atoms with van der Waals surface area (Å²) < 4.78 is 23.9. The lowest BCUT2D eigenvalue weighted by Crippen LogP contribution is -2.33. The van der Waals surface area contributed by atoms with Gasteiger partial charge in [0.25, 0.3) is 0 Å². The van der Waals surface area contributed by atoms with Gasteiger partial charge in [0.15, 0.2) is 6.20 Å². The van der Waals surface area contributed by atoms with Gasteiger partial charge in [0, 0.05) is 40.0 Å². The van der Waals surface area contributed by atoms with Crippen molar-refractivity contribution in [2.75, 3.05) is 0 Å². The lowest BCUT2D eigenvalue weighted by atomic mass is 9.88. The van der Waals surface area contributed by atoms with Gasteiger partial charge < -0.3 is 4.57 Å². The molecule has 4 nitrogen and oxygen atoms in total. The fourth-order valence-corrected chi connectivity index (χ4v) is 3.90. The minimum Gasteiger partial charge on any atom is -0.308 e. The molecule has 0 unspecified atom stereocenters. The first-order chi connectivity index (χ1) is 12.2. The second kappa shape index (κ2) is 5.76. The number of pyridine rings is 1. The third-order valence-corrected chi connectivity index (χ3v) is 5.23. The lowest BCUT2D eigenvalue weighted by molar-refractivity contribution is -0.661. The second-order valence-electron chi connectivity index (χ2n) is 7.12. The molecule has 0 radical (unpaired) electrons. The fourth-order valence-electron chi connectivity index (χ4n) is 3.90. The van der Waals surface area contributed by atoms with Crippen molar-refractivity contribution in [3.63, 3.8) is 0 Å². The zero-order valence-electron chi connectivity index (χ0n) is 17.0. The average molecular weight is 325 g/mol. The van der Waals surface area contributed by atoms with Crippen molar-refractivity contribution >= 4 is 5.78 Å². The molecule has 0 aliphatic heterocycles. The van der Waals surface area contributed by atoms with Crippen LogP contribution >= 0.6 is 0 Å². The molecule has 1 aliphatic rings. The van der Waals surface area contributed by atoms with E-state index in [1.807, 2.05) is 38.5 Å². The van der Waals surface area contributed by atoms with E-state index in [9.17, 15) is 0 Å². The lowest BCUT2D eigenvalue weighted by Gasteiger charge is -2.17. The summed E-state index contributed by atoms with van der Waals surface area (Å²) in [6, 6.07) is 2.15. The van der Waals surface area contributed by atoms with E-state index in [0.29, 0.717) is 0 Å². The zero-order chi connectivity index (χ0) is 18.7. The molecule has 0 aromatic carbocycles. The number of hydrogen-bond donors (Lipinski definition) is 0. The van der Waals surface area contributed by atoms with Gasteiger partial charge in [0.05, 0.1) is 0 Å². The molecular formula is C20H27N4+. The molecule has 126 valence electrons. The Labute approximate surface area is 146 Å². The van der Waals surface area contributed by atoms with Crippen LogP contribution in [0, 0.1) is 0 Å². The van der Waals surface area contributed by atoms with E-state index in [-0.39, 0.29) is 0 Å². The molecule has 3 heterocycles. The summed E-state index contributed by atoms with van der Waals surface area (Å²) in [6.07, 6.45) is 11.8. The van der Waals surface area contributed by atoms with Crippen molar-refractivity contribution in [2.45, 2.75) is 51.3 Å². The van der Waals surface area contributed by atoms with Crippen LogP contribution in [-0.4, -0.2) is 14.0 Å². The van der Waals surface area contributed by atoms with Crippen LogP contribution in [0.2, 0.25) is 0 Å². The Bertz CT molecular complexity index is 972. The Morgan fingerprint density at radius 2 is 2.12 bits per heavy atom. The van der Waals surface area contributed by atoms with E-state index in [2.05, 4.69) is 32.6 Å². The minimum absolute atomic E-state index is 0.581. The maximum atomic E-state index is 9.09. The van der Waals surface area contributed by atoms with Gasteiger partial charge in [0.1, 0.15) is 12.7 Å². The highest BCUT2D eigenvalue weighted by atomic mass is 15.2. The van der Waals surface area contributed by atoms with Crippen LogP contribution in [0.15, 0.2) is 30.9 Å². The maximum absolute atomic E-state index is 9.09. The summed E-state index contributed by atoms with van der Waals surface area (Å²) in [5, 5.41) is 0. The Kier molecular flexibility index (Phi) is 3.17. The summed E-state index contributed by atoms with van der Waals surface area (Å²) in [5.74, 6) is -0.416. The summed E-state index contributed by atoms with van der Waals surface area (Å²) in [7, 11) is 4.04. The highest BCUT2D eigenvalue weighted by Crippen LogP contribution is 2.38. The monoisotopic (exact) mass is 325 g/mol. The van der Waals surface area contributed by atoms with Crippen LogP contribution in [0.4, 0.5) is 0 Å². The van der Waals surface area contributed by atoms with Gasteiger partial charge >= 0.3 is 0 Å². The van der Waals surface area contributed by atoms with Crippen LogP contribution < -0.4 is 4.57 Å². The minimum atomic E-state index is -0.731. The molecule has 0 saturated heterocycles. The summed E-state index contributed by atoms with van der Waals surface area (Å²) in [6.45, 7) is 3.83. The smallest absolute Gasteiger partial charge is 0.230 e. The molecule has 4 rings (SSSR count). The highest BCUT2D eigenvalue weighted by Gasteiger charge is 2.27. The van der Waals surface area contributed by atoms with E-state index in [1.54, 1.807) is 6.20 Å². The molecule has 0 amide bonds. The third-order valence-electron chi connectivity index (χ3n) is 5.23. The molecule has 0 spiro atoms. The number of rotatable bonds is 3. The molecule has 3 aromatic heterocycles. The molecule has 1 aliphatic carbocycles. The van der Waals surface area contributed by atoms with Gasteiger partial charge in [-0.2, -0.15) is 4.57 Å². The van der Waals surface area contributed by atoms with Crippen molar-refractivity contribution in [2.24, 2.45) is 14.1 Å². The fraction of sp³-hybridized carbons (Fsp3) is 0.500. The Balaban J connectivity index is 1.96. The van der Waals surface area contributed by atoms with Gasteiger partial charge in [0.2, 0.25) is 11.5 Å². The summed E-state index contributed by atoms with van der Waals surface area (Å²) >= 11 is 0. The van der Waals surface area contributed by atoms with Gasteiger partial charge in [-0.3, -0.25) is 4.40 Å². The van der Waals surface area contributed by atoms with Crippen molar-refractivity contribution in [1.82, 2.24) is 14.0 Å². The van der Waals surface area contributed by atoms with Crippen molar-refractivity contribution in [1.29, 1.82) is 0 Å². The molecule has 1 saturated carbocycles. The van der Waals surface area contributed by atoms with E-state index < -0.39 is 11.8 Å². The average Bonchev–Trinajstić information content (AvgIpc) is 3.26.